The minimum absolute atomic E-state index is 0.212. The third kappa shape index (κ3) is 4.90. The first kappa shape index (κ1) is 21.8. The van der Waals surface area contributed by atoms with Gasteiger partial charge in [0.25, 0.3) is 5.91 Å². The third-order valence-corrected chi connectivity index (χ3v) is 5.63. The first-order valence-electron chi connectivity index (χ1n) is 9.79. The van der Waals surface area contributed by atoms with E-state index >= 15 is 0 Å². The molecule has 0 spiro atoms. The van der Waals surface area contributed by atoms with Crippen LogP contribution in [0.4, 0.5) is 0 Å². The summed E-state index contributed by atoms with van der Waals surface area (Å²) < 4.78 is 7.00. The minimum atomic E-state index is -0.212. The van der Waals surface area contributed by atoms with Crippen molar-refractivity contribution < 1.29 is 9.53 Å². The molecule has 0 atom stereocenters. The highest BCUT2D eigenvalue weighted by atomic mass is 35.5. The number of nitrogens with one attached hydrogen (secondary N) is 1. The van der Waals surface area contributed by atoms with Crippen LogP contribution in [-0.4, -0.2) is 39.8 Å². The molecule has 0 aliphatic rings. The summed E-state index contributed by atoms with van der Waals surface area (Å²) in [6.07, 6.45) is 2.10. The van der Waals surface area contributed by atoms with E-state index < -0.39 is 0 Å². The smallest absolute Gasteiger partial charge is 0.251 e. The van der Waals surface area contributed by atoms with E-state index in [2.05, 4.69) is 20.8 Å². The normalized spacial score (nSPS) is 10.7. The van der Waals surface area contributed by atoms with E-state index in [-0.39, 0.29) is 5.91 Å². The Morgan fingerprint density at radius 2 is 1.91 bits per heavy atom. The molecule has 4 aromatic rings. The number of aromatic nitrogens is 4. The summed E-state index contributed by atoms with van der Waals surface area (Å²) in [4.78, 5) is 13.0. The summed E-state index contributed by atoms with van der Waals surface area (Å²) in [7, 11) is 1.61. The highest BCUT2D eigenvalue weighted by Crippen LogP contribution is 2.31. The molecular weight excluding hydrogens is 449 g/mol. The van der Waals surface area contributed by atoms with Crippen LogP contribution >= 0.6 is 23.2 Å². The molecule has 0 bridgehead atoms. The Hall–Kier alpha value is -3.42. The highest BCUT2D eigenvalue weighted by molar-refractivity contribution is 6.42. The van der Waals surface area contributed by atoms with Crippen molar-refractivity contribution in [2.45, 2.75) is 6.42 Å². The monoisotopic (exact) mass is 467 g/mol. The molecule has 0 aliphatic heterocycles. The molecular formula is C23H19Cl2N5O2. The predicted octanol–water partition coefficient (Wildman–Crippen LogP) is 4.62. The molecule has 1 aromatic heterocycles. The standard InChI is InChI=1S/C23H19Cl2N5O2/c1-32-22-5-3-2-4-19(22)16-11-17(13-18(12-16)30-14-27-28-29-30)23(31)26-9-8-15-6-7-20(24)21(25)10-15/h2-7,10-14H,8-9H2,1H3,(H,26,31). The average Bonchev–Trinajstić information content (AvgIpc) is 3.36. The molecule has 1 heterocycles. The molecule has 0 saturated heterocycles. The van der Waals surface area contributed by atoms with Crippen molar-refractivity contribution in [2.75, 3.05) is 13.7 Å². The van der Waals surface area contributed by atoms with Crippen LogP contribution in [0.15, 0.2) is 67.0 Å². The second kappa shape index (κ2) is 9.80. The van der Waals surface area contributed by atoms with Crippen LogP contribution in [0.2, 0.25) is 10.0 Å². The maximum Gasteiger partial charge on any atom is 0.251 e. The summed E-state index contributed by atoms with van der Waals surface area (Å²) in [5, 5.41) is 15.3. The maximum atomic E-state index is 13.0. The average molecular weight is 468 g/mol. The number of para-hydroxylation sites is 1. The zero-order chi connectivity index (χ0) is 22.5. The van der Waals surface area contributed by atoms with Crippen molar-refractivity contribution in [3.63, 3.8) is 0 Å². The molecule has 0 radical (unpaired) electrons. The van der Waals surface area contributed by atoms with Gasteiger partial charge in [0.2, 0.25) is 0 Å². The molecule has 162 valence electrons. The summed E-state index contributed by atoms with van der Waals surface area (Å²) in [6, 6.07) is 18.5. The SMILES string of the molecule is COc1ccccc1-c1cc(C(=O)NCCc2ccc(Cl)c(Cl)c2)cc(-n2cnnn2)c1. The Morgan fingerprint density at radius 3 is 2.66 bits per heavy atom. The fourth-order valence-corrected chi connectivity index (χ4v) is 3.63. The lowest BCUT2D eigenvalue weighted by molar-refractivity contribution is 0.0954. The van der Waals surface area contributed by atoms with Crippen LogP contribution in [0.25, 0.3) is 16.8 Å². The minimum Gasteiger partial charge on any atom is -0.496 e. The summed E-state index contributed by atoms with van der Waals surface area (Å²) in [5.41, 5.74) is 3.79. The Balaban J connectivity index is 1.60. The van der Waals surface area contributed by atoms with Gasteiger partial charge in [-0.1, -0.05) is 47.5 Å². The van der Waals surface area contributed by atoms with Crippen LogP contribution in [0.1, 0.15) is 15.9 Å². The van der Waals surface area contributed by atoms with Gasteiger partial charge in [0, 0.05) is 17.7 Å². The number of benzene rings is 3. The molecule has 1 amide bonds. The summed E-state index contributed by atoms with van der Waals surface area (Å²) in [6.45, 7) is 0.440. The number of amides is 1. The van der Waals surface area contributed by atoms with Gasteiger partial charge >= 0.3 is 0 Å². The van der Waals surface area contributed by atoms with E-state index in [1.54, 1.807) is 25.3 Å². The third-order valence-electron chi connectivity index (χ3n) is 4.89. The molecule has 4 rings (SSSR count). The Kier molecular flexibility index (Phi) is 6.68. The number of hydrogen-bond donors (Lipinski definition) is 1. The summed E-state index contributed by atoms with van der Waals surface area (Å²) >= 11 is 12.0. The van der Waals surface area contributed by atoms with Crippen LogP contribution in [0.5, 0.6) is 5.75 Å². The van der Waals surface area contributed by atoms with Crippen molar-refractivity contribution in [1.29, 1.82) is 0 Å². The largest absolute Gasteiger partial charge is 0.496 e. The second-order valence-electron chi connectivity index (χ2n) is 6.98. The number of carbonyl (C=O) groups is 1. The molecule has 0 fully saturated rings. The van der Waals surface area contributed by atoms with E-state index in [1.165, 1.54) is 11.0 Å². The van der Waals surface area contributed by atoms with E-state index in [4.69, 9.17) is 27.9 Å². The van der Waals surface area contributed by atoms with E-state index in [0.717, 1.165) is 16.7 Å². The van der Waals surface area contributed by atoms with Crippen LogP contribution in [0, 0.1) is 0 Å². The summed E-state index contributed by atoms with van der Waals surface area (Å²) in [5.74, 6) is 0.489. The van der Waals surface area contributed by atoms with E-state index in [1.807, 2.05) is 42.5 Å². The van der Waals surface area contributed by atoms with Gasteiger partial charge in [0.05, 0.1) is 22.8 Å². The fraction of sp³-hybridized carbons (Fsp3) is 0.130. The van der Waals surface area contributed by atoms with Gasteiger partial charge < -0.3 is 10.1 Å². The predicted molar refractivity (Wildman–Crippen MR) is 124 cm³/mol. The molecule has 0 aliphatic carbocycles. The van der Waals surface area contributed by atoms with Gasteiger partial charge in [-0.05, 0) is 64.4 Å². The van der Waals surface area contributed by atoms with E-state index in [9.17, 15) is 4.79 Å². The van der Waals surface area contributed by atoms with E-state index in [0.29, 0.717) is 40.0 Å². The topological polar surface area (TPSA) is 81.9 Å². The molecule has 1 N–H and O–H groups in total. The maximum absolute atomic E-state index is 13.0. The molecule has 7 nitrogen and oxygen atoms in total. The molecule has 0 unspecified atom stereocenters. The number of tetrazole rings is 1. The van der Waals surface area contributed by atoms with Crippen molar-refractivity contribution in [3.8, 4) is 22.6 Å². The van der Waals surface area contributed by atoms with Gasteiger partial charge in [-0.15, -0.1) is 5.10 Å². The number of nitrogens with zero attached hydrogens (tertiary/aromatic N) is 4. The molecule has 0 saturated carbocycles. The highest BCUT2D eigenvalue weighted by Gasteiger charge is 2.14. The van der Waals surface area contributed by atoms with Gasteiger partial charge in [-0.3, -0.25) is 4.79 Å². The lowest BCUT2D eigenvalue weighted by Gasteiger charge is -2.13. The van der Waals surface area contributed by atoms with Gasteiger partial charge in [0.1, 0.15) is 12.1 Å². The molecule has 32 heavy (non-hydrogen) atoms. The number of ether oxygens (including phenoxy) is 1. The first-order chi connectivity index (χ1) is 15.5. The van der Waals surface area contributed by atoms with Gasteiger partial charge in [-0.25, -0.2) is 4.68 Å². The number of hydrogen-bond acceptors (Lipinski definition) is 5. The zero-order valence-corrected chi connectivity index (χ0v) is 18.6. The fourth-order valence-electron chi connectivity index (χ4n) is 3.31. The Morgan fingerprint density at radius 1 is 1.06 bits per heavy atom. The molecule has 9 heteroatoms. The Labute approximate surface area is 194 Å². The zero-order valence-electron chi connectivity index (χ0n) is 17.1. The van der Waals surface area contributed by atoms with Gasteiger partial charge in [-0.2, -0.15) is 0 Å². The number of methoxy groups -OCH3 is 1. The number of carbonyl (C=O) groups excluding carboxylic acids is 1. The number of rotatable bonds is 7. The quantitative estimate of drug-likeness (QED) is 0.428. The van der Waals surface area contributed by atoms with Gasteiger partial charge in [0.15, 0.2) is 0 Å². The first-order valence-corrected chi connectivity index (χ1v) is 10.5. The molecule has 3 aromatic carbocycles. The lowest BCUT2D eigenvalue weighted by Crippen LogP contribution is -2.26. The van der Waals surface area contributed by atoms with Crippen molar-refractivity contribution in [3.05, 3.63) is 88.2 Å². The van der Waals surface area contributed by atoms with Crippen molar-refractivity contribution >= 4 is 29.1 Å². The number of halogens is 2. The second-order valence-corrected chi connectivity index (χ2v) is 7.79. The van der Waals surface area contributed by atoms with Crippen LogP contribution in [0.3, 0.4) is 0 Å². The van der Waals surface area contributed by atoms with Crippen LogP contribution in [-0.2, 0) is 6.42 Å². The van der Waals surface area contributed by atoms with Crippen LogP contribution < -0.4 is 10.1 Å². The lowest BCUT2D eigenvalue weighted by atomic mass is 10.0. The van der Waals surface area contributed by atoms with Crippen molar-refractivity contribution in [1.82, 2.24) is 25.5 Å². The Bertz CT molecular complexity index is 1250. The van der Waals surface area contributed by atoms with Crippen molar-refractivity contribution in [2.24, 2.45) is 0 Å².